The van der Waals surface area contributed by atoms with Crippen molar-refractivity contribution < 1.29 is 4.79 Å². The van der Waals surface area contributed by atoms with Gasteiger partial charge in [-0.15, -0.1) is 0 Å². The van der Waals surface area contributed by atoms with Crippen molar-refractivity contribution in [3.05, 3.63) is 24.0 Å². The summed E-state index contributed by atoms with van der Waals surface area (Å²) in [7, 11) is 0. The third-order valence-corrected chi connectivity index (χ3v) is 4.91. The van der Waals surface area contributed by atoms with Crippen molar-refractivity contribution in [1.29, 1.82) is 0 Å². The fraction of sp³-hybridized carbons (Fsp3) is 0.471. The first-order valence-corrected chi connectivity index (χ1v) is 8.22. The van der Waals surface area contributed by atoms with Gasteiger partial charge in [-0.05, 0) is 43.5 Å². The number of aromatic nitrogens is 2. The Morgan fingerprint density at radius 3 is 3.00 bits per heavy atom. The second kappa shape index (κ2) is 5.77. The molecule has 0 saturated carbocycles. The van der Waals surface area contributed by atoms with Gasteiger partial charge in [0.2, 0.25) is 5.91 Å². The molecule has 1 unspecified atom stereocenters. The summed E-state index contributed by atoms with van der Waals surface area (Å²) in [6.07, 6.45) is 6.06. The normalized spacial score (nSPS) is 21.3. The molecule has 2 aliphatic rings. The second-order valence-corrected chi connectivity index (χ2v) is 6.38. The molecule has 1 fully saturated rings. The van der Waals surface area contributed by atoms with Gasteiger partial charge in [0, 0.05) is 30.1 Å². The number of carbonyl (C=O) groups excluding carboxylic acids is 1. The van der Waals surface area contributed by atoms with Crippen LogP contribution < -0.4 is 10.6 Å². The molecule has 6 heteroatoms. The van der Waals surface area contributed by atoms with Crippen LogP contribution in [0, 0.1) is 5.92 Å². The average Bonchev–Trinajstić information content (AvgIpc) is 3.17. The van der Waals surface area contributed by atoms with E-state index >= 15 is 0 Å². The standard InChI is InChI=1S/C17H21N5O/c1-10(23)20-8-13-15(11-2-5-18-6-3-11)16-12-4-7-19-17(12)21-9-14(16)22-13/h4,7,9,11,15,18H,2-3,5-6,8H2,1H3,(H,19,21)(H,20,23). The van der Waals surface area contributed by atoms with E-state index < -0.39 is 0 Å². The molecule has 4 heterocycles. The van der Waals surface area contributed by atoms with Gasteiger partial charge in [0.1, 0.15) is 5.65 Å². The van der Waals surface area contributed by atoms with Crippen LogP contribution in [0.25, 0.3) is 11.0 Å². The van der Waals surface area contributed by atoms with Crippen LogP contribution in [0.3, 0.4) is 0 Å². The molecule has 1 saturated heterocycles. The van der Waals surface area contributed by atoms with Crippen molar-refractivity contribution in [2.24, 2.45) is 10.9 Å². The van der Waals surface area contributed by atoms with Gasteiger partial charge in [0.15, 0.2) is 0 Å². The molecule has 2 aliphatic heterocycles. The third kappa shape index (κ3) is 2.53. The summed E-state index contributed by atoms with van der Waals surface area (Å²) in [5.74, 6) is 0.823. The highest BCUT2D eigenvalue weighted by Gasteiger charge is 2.36. The molecule has 1 atom stereocenters. The van der Waals surface area contributed by atoms with Crippen LogP contribution >= 0.6 is 0 Å². The molecule has 0 aliphatic carbocycles. The Labute approximate surface area is 134 Å². The maximum absolute atomic E-state index is 11.3. The lowest BCUT2D eigenvalue weighted by atomic mass is 9.78. The summed E-state index contributed by atoms with van der Waals surface area (Å²) in [4.78, 5) is 23.8. The van der Waals surface area contributed by atoms with E-state index in [-0.39, 0.29) is 11.8 Å². The van der Waals surface area contributed by atoms with Crippen LogP contribution in [0.5, 0.6) is 0 Å². The van der Waals surface area contributed by atoms with Crippen LogP contribution in [0.2, 0.25) is 0 Å². The van der Waals surface area contributed by atoms with Crippen molar-refractivity contribution in [3.8, 4) is 0 Å². The first-order chi connectivity index (χ1) is 11.2. The Hall–Kier alpha value is -2.21. The summed E-state index contributed by atoms with van der Waals surface area (Å²) in [5.41, 5.74) is 4.22. The Morgan fingerprint density at radius 1 is 1.39 bits per heavy atom. The number of piperidine rings is 1. The number of amides is 1. The molecule has 0 bridgehead atoms. The number of H-pyrrole nitrogens is 1. The highest BCUT2D eigenvalue weighted by atomic mass is 16.1. The van der Waals surface area contributed by atoms with Crippen LogP contribution in [0.1, 0.15) is 31.2 Å². The predicted octanol–water partition coefficient (Wildman–Crippen LogP) is 1.87. The molecule has 3 N–H and O–H groups in total. The molecule has 0 spiro atoms. The minimum atomic E-state index is -0.0161. The molecule has 2 aromatic rings. The number of fused-ring (bicyclic) bond motifs is 3. The van der Waals surface area contributed by atoms with Gasteiger partial charge in [0.25, 0.3) is 0 Å². The van der Waals surface area contributed by atoms with E-state index in [0.29, 0.717) is 12.5 Å². The Balaban J connectivity index is 1.75. The summed E-state index contributed by atoms with van der Waals surface area (Å²) in [6, 6.07) is 2.09. The lowest BCUT2D eigenvalue weighted by Gasteiger charge is -2.30. The fourth-order valence-corrected chi connectivity index (χ4v) is 3.87. The maximum atomic E-state index is 11.3. The van der Waals surface area contributed by atoms with Gasteiger partial charge in [-0.1, -0.05) is 0 Å². The molecule has 0 radical (unpaired) electrons. The summed E-state index contributed by atoms with van der Waals surface area (Å²) in [5, 5.41) is 7.51. The Bertz CT molecular complexity index is 772. The highest BCUT2D eigenvalue weighted by molar-refractivity contribution is 6.05. The zero-order valence-electron chi connectivity index (χ0n) is 13.2. The predicted molar refractivity (Wildman–Crippen MR) is 90.2 cm³/mol. The maximum Gasteiger partial charge on any atom is 0.217 e. The van der Waals surface area contributed by atoms with Gasteiger partial charge in [-0.3, -0.25) is 9.79 Å². The molecule has 4 rings (SSSR count). The molecule has 0 aromatic carbocycles. The number of hydrogen-bond acceptors (Lipinski definition) is 4. The van der Waals surface area contributed by atoms with Crippen molar-refractivity contribution in [1.82, 2.24) is 20.6 Å². The number of pyridine rings is 1. The largest absolute Gasteiger partial charge is 0.351 e. The number of hydrogen-bond donors (Lipinski definition) is 3. The Kier molecular flexibility index (Phi) is 3.61. The van der Waals surface area contributed by atoms with Gasteiger partial charge in [-0.2, -0.15) is 0 Å². The zero-order chi connectivity index (χ0) is 15.8. The van der Waals surface area contributed by atoms with Crippen molar-refractivity contribution in [2.75, 3.05) is 19.6 Å². The molecule has 6 nitrogen and oxygen atoms in total. The lowest BCUT2D eigenvalue weighted by Crippen LogP contribution is -2.36. The number of carbonyl (C=O) groups is 1. The number of nitrogens with one attached hydrogen (secondary N) is 3. The average molecular weight is 311 g/mol. The summed E-state index contributed by atoms with van der Waals surface area (Å²) < 4.78 is 0. The van der Waals surface area contributed by atoms with Gasteiger partial charge in [-0.25, -0.2) is 4.98 Å². The summed E-state index contributed by atoms with van der Waals surface area (Å²) >= 11 is 0. The molecular weight excluding hydrogens is 290 g/mol. The molecular formula is C17H21N5O. The van der Waals surface area contributed by atoms with E-state index in [1.807, 2.05) is 12.4 Å². The quantitative estimate of drug-likeness (QED) is 0.809. The smallest absolute Gasteiger partial charge is 0.217 e. The first-order valence-electron chi connectivity index (χ1n) is 8.22. The number of aliphatic imine (C=N–C) groups is 1. The van der Waals surface area contributed by atoms with E-state index in [1.54, 1.807) is 6.92 Å². The minimum absolute atomic E-state index is 0.0161. The number of rotatable bonds is 3. The van der Waals surface area contributed by atoms with E-state index in [2.05, 4.69) is 26.7 Å². The van der Waals surface area contributed by atoms with Crippen molar-refractivity contribution >= 4 is 28.3 Å². The molecule has 23 heavy (non-hydrogen) atoms. The van der Waals surface area contributed by atoms with Crippen LogP contribution in [-0.2, 0) is 4.79 Å². The van der Waals surface area contributed by atoms with E-state index in [0.717, 1.165) is 48.4 Å². The van der Waals surface area contributed by atoms with Crippen LogP contribution in [-0.4, -0.2) is 41.2 Å². The fourth-order valence-electron chi connectivity index (χ4n) is 3.87. The molecule has 2 aromatic heterocycles. The lowest BCUT2D eigenvalue weighted by molar-refractivity contribution is -0.118. The van der Waals surface area contributed by atoms with E-state index in [9.17, 15) is 4.79 Å². The SMILES string of the molecule is CC(=O)NCC1=Nc2cnc3[nH]ccc3c2C1C1CCNCC1. The van der Waals surface area contributed by atoms with Gasteiger partial charge in [0.05, 0.1) is 18.4 Å². The van der Waals surface area contributed by atoms with Crippen molar-refractivity contribution in [3.63, 3.8) is 0 Å². The monoisotopic (exact) mass is 311 g/mol. The van der Waals surface area contributed by atoms with Gasteiger partial charge >= 0.3 is 0 Å². The van der Waals surface area contributed by atoms with Crippen molar-refractivity contribution in [2.45, 2.75) is 25.7 Å². The number of aromatic amines is 1. The topological polar surface area (TPSA) is 82.2 Å². The van der Waals surface area contributed by atoms with Gasteiger partial charge < -0.3 is 15.6 Å². The molecule has 120 valence electrons. The van der Waals surface area contributed by atoms with E-state index in [1.165, 1.54) is 5.56 Å². The zero-order valence-corrected chi connectivity index (χ0v) is 13.2. The number of nitrogens with zero attached hydrogens (tertiary/aromatic N) is 2. The minimum Gasteiger partial charge on any atom is -0.351 e. The van der Waals surface area contributed by atoms with Crippen LogP contribution in [0.15, 0.2) is 23.5 Å². The molecule has 1 amide bonds. The third-order valence-electron chi connectivity index (χ3n) is 4.91. The summed E-state index contributed by atoms with van der Waals surface area (Å²) in [6.45, 7) is 4.16. The first kappa shape index (κ1) is 14.4. The second-order valence-electron chi connectivity index (χ2n) is 6.38. The Morgan fingerprint density at radius 2 is 2.22 bits per heavy atom. The van der Waals surface area contributed by atoms with E-state index in [4.69, 9.17) is 4.99 Å². The van der Waals surface area contributed by atoms with Crippen LogP contribution in [0.4, 0.5) is 5.69 Å². The highest BCUT2D eigenvalue weighted by Crippen LogP contribution is 2.45.